The van der Waals surface area contributed by atoms with E-state index in [0.717, 1.165) is 49.7 Å². The normalized spacial score (nSPS) is 11.9. The molecule has 0 saturated heterocycles. The van der Waals surface area contributed by atoms with Crippen LogP contribution in [-0.2, 0) is 12.8 Å². The zero-order chi connectivity index (χ0) is 24.5. The van der Waals surface area contributed by atoms with Crippen LogP contribution >= 0.6 is 50.4 Å². The van der Waals surface area contributed by atoms with Crippen molar-refractivity contribution in [2.45, 2.75) is 26.0 Å². The first-order valence-corrected chi connectivity index (χ1v) is 14.5. The molecular formula is C23H25BrN6O2S3. The second-order valence-electron chi connectivity index (χ2n) is 7.42. The highest BCUT2D eigenvalue weighted by Crippen LogP contribution is 2.24. The van der Waals surface area contributed by atoms with Crippen LogP contribution in [0.25, 0.3) is 0 Å². The van der Waals surface area contributed by atoms with Crippen molar-refractivity contribution in [2.75, 3.05) is 23.6 Å². The molecule has 2 aromatic carbocycles. The van der Waals surface area contributed by atoms with E-state index in [9.17, 15) is 0 Å². The van der Waals surface area contributed by atoms with E-state index in [1.807, 2.05) is 67.2 Å². The van der Waals surface area contributed by atoms with Gasteiger partial charge in [0.05, 0.1) is 0 Å². The molecule has 35 heavy (non-hydrogen) atoms. The zero-order valence-electron chi connectivity index (χ0n) is 19.0. The summed E-state index contributed by atoms with van der Waals surface area (Å²) < 4.78 is 12.4. The predicted octanol–water partition coefficient (Wildman–Crippen LogP) is 5.46. The lowest BCUT2D eigenvalue weighted by Crippen LogP contribution is -2.17. The standard InChI is InChI=1S/C23H25BrN6O2S3/c1-15-2-6-17(7-3-15)31-14-26-23-30-28-20(35-23)11-13-33-12-10-19-27-29-22(34-19)21(25)32-18-8-4-16(24)5-9-18/h2-9,21H,10-14,25H2,1H3,(H,26,30). The van der Waals surface area contributed by atoms with E-state index in [-0.39, 0.29) is 0 Å². The summed E-state index contributed by atoms with van der Waals surface area (Å²) in [6, 6.07) is 15.5. The van der Waals surface area contributed by atoms with Gasteiger partial charge in [0.2, 0.25) is 11.4 Å². The molecule has 3 N–H and O–H groups in total. The molecule has 8 nitrogen and oxygen atoms in total. The van der Waals surface area contributed by atoms with Crippen molar-refractivity contribution in [1.82, 2.24) is 20.4 Å². The van der Waals surface area contributed by atoms with Crippen LogP contribution in [0.4, 0.5) is 5.13 Å². The Kier molecular flexibility index (Phi) is 9.72. The van der Waals surface area contributed by atoms with Gasteiger partial charge in [-0.05, 0) is 54.8 Å². The van der Waals surface area contributed by atoms with E-state index < -0.39 is 6.23 Å². The molecule has 1 atom stereocenters. The van der Waals surface area contributed by atoms with Gasteiger partial charge >= 0.3 is 0 Å². The van der Waals surface area contributed by atoms with Crippen molar-refractivity contribution >= 4 is 55.5 Å². The molecule has 0 aliphatic carbocycles. The van der Waals surface area contributed by atoms with Crippen molar-refractivity contribution in [3.63, 3.8) is 0 Å². The Morgan fingerprint density at radius 2 is 1.57 bits per heavy atom. The molecule has 12 heteroatoms. The van der Waals surface area contributed by atoms with Crippen molar-refractivity contribution < 1.29 is 9.47 Å². The molecule has 0 aliphatic rings. The summed E-state index contributed by atoms with van der Waals surface area (Å²) in [5.41, 5.74) is 7.34. The highest BCUT2D eigenvalue weighted by atomic mass is 79.9. The number of rotatable bonds is 13. The van der Waals surface area contributed by atoms with Crippen LogP contribution in [0.15, 0.2) is 53.0 Å². The number of aromatic nitrogens is 4. The first-order chi connectivity index (χ1) is 17.0. The Labute approximate surface area is 224 Å². The summed E-state index contributed by atoms with van der Waals surface area (Å²) in [5.74, 6) is 3.44. The smallest absolute Gasteiger partial charge is 0.208 e. The summed E-state index contributed by atoms with van der Waals surface area (Å²) in [4.78, 5) is 0. The Morgan fingerprint density at radius 3 is 2.31 bits per heavy atom. The number of benzene rings is 2. The maximum Gasteiger partial charge on any atom is 0.208 e. The van der Waals surface area contributed by atoms with Crippen LogP contribution in [0.1, 0.15) is 26.8 Å². The zero-order valence-corrected chi connectivity index (χ0v) is 23.1. The second-order valence-corrected chi connectivity index (χ2v) is 11.7. The molecule has 0 bridgehead atoms. The molecule has 0 aliphatic heterocycles. The van der Waals surface area contributed by atoms with Crippen molar-refractivity contribution in [2.24, 2.45) is 5.73 Å². The van der Waals surface area contributed by atoms with Crippen LogP contribution < -0.4 is 20.5 Å². The third kappa shape index (κ3) is 8.43. The predicted molar refractivity (Wildman–Crippen MR) is 147 cm³/mol. The van der Waals surface area contributed by atoms with Gasteiger partial charge < -0.3 is 14.8 Å². The second kappa shape index (κ2) is 13.2. The number of halogens is 1. The highest BCUT2D eigenvalue weighted by molar-refractivity contribution is 9.10. The third-order valence-electron chi connectivity index (χ3n) is 4.67. The molecule has 2 aromatic heterocycles. The number of hydrogen-bond donors (Lipinski definition) is 2. The average Bonchev–Trinajstić information content (AvgIpc) is 3.51. The average molecular weight is 594 g/mol. The number of thioether (sulfide) groups is 1. The first kappa shape index (κ1) is 25.8. The van der Waals surface area contributed by atoms with Gasteiger partial charge in [-0.1, -0.05) is 56.3 Å². The fourth-order valence-corrected chi connectivity index (χ4v) is 5.75. The molecule has 0 spiro atoms. The van der Waals surface area contributed by atoms with Gasteiger partial charge in [-0.25, -0.2) is 0 Å². The molecule has 2 heterocycles. The van der Waals surface area contributed by atoms with E-state index in [0.29, 0.717) is 17.5 Å². The van der Waals surface area contributed by atoms with Crippen LogP contribution in [-0.4, -0.2) is 38.6 Å². The summed E-state index contributed by atoms with van der Waals surface area (Å²) in [5, 5.41) is 23.5. The lowest BCUT2D eigenvalue weighted by molar-refractivity contribution is 0.212. The molecule has 1 unspecified atom stereocenters. The first-order valence-electron chi connectivity index (χ1n) is 10.9. The van der Waals surface area contributed by atoms with E-state index in [4.69, 9.17) is 15.2 Å². The minimum absolute atomic E-state index is 0.355. The molecular weight excluding hydrogens is 568 g/mol. The lowest BCUT2D eigenvalue weighted by Gasteiger charge is -2.11. The molecule has 4 aromatic rings. The topological polar surface area (TPSA) is 108 Å². The number of anilines is 1. The van der Waals surface area contributed by atoms with Gasteiger partial charge in [0.1, 0.15) is 21.5 Å². The van der Waals surface area contributed by atoms with Crippen molar-refractivity contribution in [3.05, 3.63) is 73.6 Å². The quantitative estimate of drug-likeness (QED) is 0.154. The molecule has 0 amide bonds. The highest BCUT2D eigenvalue weighted by Gasteiger charge is 2.14. The number of hydrogen-bond acceptors (Lipinski definition) is 11. The van der Waals surface area contributed by atoms with Gasteiger partial charge in [-0.15, -0.1) is 20.4 Å². The number of ether oxygens (including phenoxy) is 2. The lowest BCUT2D eigenvalue weighted by atomic mass is 10.2. The van der Waals surface area contributed by atoms with Crippen molar-refractivity contribution in [3.8, 4) is 11.5 Å². The minimum atomic E-state index is -0.627. The number of nitrogens with one attached hydrogen (secondary N) is 1. The molecule has 0 fully saturated rings. The SMILES string of the molecule is Cc1ccc(OCNc2nnc(CCSCCc3nnc(C(N)Oc4ccc(Br)cc4)s3)s2)cc1. The maximum absolute atomic E-state index is 6.13. The summed E-state index contributed by atoms with van der Waals surface area (Å²) in [6.45, 7) is 2.40. The van der Waals surface area contributed by atoms with Crippen LogP contribution in [0.2, 0.25) is 0 Å². The third-order valence-corrected chi connectivity index (χ3v) is 8.17. The Hall–Kier alpha value is -2.25. The number of nitrogens with two attached hydrogens (primary N) is 1. The number of nitrogens with zero attached hydrogens (tertiary/aromatic N) is 4. The van der Waals surface area contributed by atoms with Crippen LogP contribution in [0.5, 0.6) is 11.5 Å². The Bertz CT molecular complexity index is 1190. The van der Waals surface area contributed by atoms with E-state index >= 15 is 0 Å². The molecule has 0 saturated carbocycles. The van der Waals surface area contributed by atoms with Crippen LogP contribution in [0, 0.1) is 6.92 Å². The maximum atomic E-state index is 6.13. The summed E-state index contributed by atoms with van der Waals surface area (Å²) in [7, 11) is 0. The molecule has 4 rings (SSSR count). The minimum Gasteiger partial charge on any atom is -0.473 e. The summed E-state index contributed by atoms with van der Waals surface area (Å²) >= 11 is 8.31. The fourth-order valence-electron chi connectivity index (χ4n) is 2.86. The van der Waals surface area contributed by atoms with Gasteiger partial charge in [-0.3, -0.25) is 5.73 Å². The van der Waals surface area contributed by atoms with Crippen molar-refractivity contribution in [1.29, 1.82) is 0 Å². The largest absolute Gasteiger partial charge is 0.473 e. The van der Waals surface area contributed by atoms with E-state index in [2.05, 4.69) is 41.6 Å². The van der Waals surface area contributed by atoms with Gasteiger partial charge in [-0.2, -0.15) is 11.8 Å². The number of aryl methyl sites for hydroxylation is 3. The van der Waals surface area contributed by atoms with Gasteiger partial charge in [0.25, 0.3) is 0 Å². The van der Waals surface area contributed by atoms with Crippen LogP contribution in [0.3, 0.4) is 0 Å². The molecule has 184 valence electrons. The van der Waals surface area contributed by atoms with Gasteiger partial charge in [0, 0.05) is 17.3 Å². The fraction of sp³-hybridized carbons (Fsp3) is 0.304. The van der Waals surface area contributed by atoms with E-state index in [1.54, 1.807) is 11.3 Å². The molecule has 0 radical (unpaired) electrons. The Morgan fingerprint density at radius 1 is 0.914 bits per heavy atom. The summed E-state index contributed by atoms with van der Waals surface area (Å²) in [6.07, 6.45) is 1.08. The van der Waals surface area contributed by atoms with Gasteiger partial charge in [0.15, 0.2) is 11.7 Å². The monoisotopic (exact) mass is 592 g/mol. The Balaban J connectivity index is 1.11. The van der Waals surface area contributed by atoms with E-state index in [1.165, 1.54) is 16.9 Å².